The van der Waals surface area contributed by atoms with Crippen LogP contribution < -0.4 is 4.74 Å². The Bertz CT molecular complexity index is 1180. The first-order valence-corrected chi connectivity index (χ1v) is 9.38. The second-order valence-electron chi connectivity index (χ2n) is 6.78. The SMILES string of the molecule is O=C(O)c1ccc(OC(Cn2ccnc2)c2ccc(F)cc2)nc1-c1ccc(F)cc1. The highest BCUT2D eigenvalue weighted by Crippen LogP contribution is 2.28. The van der Waals surface area contributed by atoms with Gasteiger partial charge in [-0.05, 0) is 48.0 Å². The van der Waals surface area contributed by atoms with Gasteiger partial charge in [0.25, 0.3) is 0 Å². The molecule has 0 saturated carbocycles. The number of hydrogen-bond donors (Lipinski definition) is 1. The predicted octanol–water partition coefficient (Wildman–Crippen LogP) is 4.74. The molecule has 0 aliphatic carbocycles. The summed E-state index contributed by atoms with van der Waals surface area (Å²) in [5.74, 6) is -1.79. The third-order valence-corrected chi connectivity index (χ3v) is 4.66. The van der Waals surface area contributed by atoms with Crippen molar-refractivity contribution in [2.24, 2.45) is 0 Å². The van der Waals surface area contributed by atoms with E-state index in [1.165, 1.54) is 48.5 Å². The zero-order chi connectivity index (χ0) is 21.8. The van der Waals surface area contributed by atoms with E-state index >= 15 is 0 Å². The number of benzene rings is 2. The van der Waals surface area contributed by atoms with Crippen LogP contribution in [-0.4, -0.2) is 25.6 Å². The molecular formula is C23H17F2N3O3. The molecule has 0 radical (unpaired) electrons. The molecule has 1 atom stereocenters. The van der Waals surface area contributed by atoms with E-state index in [2.05, 4.69) is 9.97 Å². The fourth-order valence-corrected chi connectivity index (χ4v) is 3.13. The fourth-order valence-electron chi connectivity index (χ4n) is 3.13. The van der Waals surface area contributed by atoms with Crippen LogP contribution in [0.3, 0.4) is 0 Å². The van der Waals surface area contributed by atoms with E-state index in [0.717, 1.165) is 0 Å². The summed E-state index contributed by atoms with van der Waals surface area (Å²) in [5, 5.41) is 9.53. The van der Waals surface area contributed by atoms with E-state index in [0.29, 0.717) is 17.7 Å². The smallest absolute Gasteiger partial charge is 0.337 e. The minimum Gasteiger partial charge on any atom is -0.478 e. The van der Waals surface area contributed by atoms with Crippen LogP contribution in [0.4, 0.5) is 8.78 Å². The Hall–Kier alpha value is -4.07. The van der Waals surface area contributed by atoms with E-state index in [-0.39, 0.29) is 23.0 Å². The van der Waals surface area contributed by atoms with Gasteiger partial charge in [-0.2, -0.15) is 0 Å². The quantitative estimate of drug-likeness (QED) is 0.466. The number of hydrogen-bond acceptors (Lipinski definition) is 4. The van der Waals surface area contributed by atoms with Crippen LogP contribution in [0.5, 0.6) is 5.88 Å². The van der Waals surface area contributed by atoms with Crippen molar-refractivity contribution >= 4 is 5.97 Å². The minimum atomic E-state index is -1.16. The van der Waals surface area contributed by atoms with Crippen LogP contribution in [0.2, 0.25) is 0 Å². The lowest BCUT2D eigenvalue weighted by Crippen LogP contribution is -2.16. The van der Waals surface area contributed by atoms with Gasteiger partial charge >= 0.3 is 5.97 Å². The van der Waals surface area contributed by atoms with Crippen molar-refractivity contribution in [3.05, 3.63) is 102 Å². The molecule has 0 bridgehead atoms. The van der Waals surface area contributed by atoms with Gasteiger partial charge in [-0.15, -0.1) is 0 Å². The number of rotatable bonds is 7. The summed E-state index contributed by atoms with van der Waals surface area (Å²) < 4.78 is 34.6. The second kappa shape index (κ2) is 8.74. The van der Waals surface area contributed by atoms with Gasteiger partial charge in [0.15, 0.2) is 0 Å². The number of carboxylic acid groups (broad SMARTS) is 1. The maximum Gasteiger partial charge on any atom is 0.337 e. The van der Waals surface area contributed by atoms with Crippen molar-refractivity contribution in [2.45, 2.75) is 12.6 Å². The number of halogens is 2. The van der Waals surface area contributed by atoms with E-state index < -0.39 is 17.9 Å². The lowest BCUT2D eigenvalue weighted by molar-refractivity contribution is 0.0697. The summed E-state index contributed by atoms with van der Waals surface area (Å²) in [4.78, 5) is 20.1. The molecule has 4 aromatic rings. The first-order chi connectivity index (χ1) is 15.0. The van der Waals surface area contributed by atoms with Gasteiger partial charge in [0.1, 0.15) is 17.7 Å². The van der Waals surface area contributed by atoms with Gasteiger partial charge in [0.05, 0.1) is 24.1 Å². The Kier molecular flexibility index (Phi) is 5.70. The molecule has 0 saturated heterocycles. The maximum atomic E-state index is 13.4. The monoisotopic (exact) mass is 421 g/mol. The van der Waals surface area contributed by atoms with Gasteiger partial charge in [0.2, 0.25) is 5.88 Å². The van der Waals surface area contributed by atoms with E-state index in [1.54, 1.807) is 35.4 Å². The molecule has 1 N–H and O–H groups in total. The zero-order valence-corrected chi connectivity index (χ0v) is 16.2. The molecule has 0 aliphatic rings. The third kappa shape index (κ3) is 4.75. The largest absolute Gasteiger partial charge is 0.478 e. The molecule has 6 nitrogen and oxygen atoms in total. The minimum absolute atomic E-state index is 0.0353. The predicted molar refractivity (Wildman–Crippen MR) is 109 cm³/mol. The standard InChI is InChI=1S/C23H17F2N3O3/c24-17-5-1-15(2-6-17)20(13-28-12-11-26-14-28)31-21-10-9-19(23(29)30)22(27-21)16-3-7-18(25)8-4-16/h1-12,14,20H,13H2,(H,29,30). The van der Waals surface area contributed by atoms with Gasteiger partial charge in [-0.1, -0.05) is 12.1 Å². The normalized spacial score (nSPS) is 11.8. The summed E-state index contributed by atoms with van der Waals surface area (Å²) in [6.45, 7) is 0.375. The summed E-state index contributed by atoms with van der Waals surface area (Å²) >= 11 is 0. The third-order valence-electron chi connectivity index (χ3n) is 4.66. The van der Waals surface area contributed by atoms with Crippen LogP contribution in [0.1, 0.15) is 22.0 Å². The van der Waals surface area contributed by atoms with Crippen molar-refractivity contribution in [3.8, 4) is 17.1 Å². The van der Waals surface area contributed by atoms with Crippen molar-refractivity contribution < 1.29 is 23.4 Å². The van der Waals surface area contributed by atoms with Crippen molar-refractivity contribution in [3.63, 3.8) is 0 Å². The molecule has 4 rings (SSSR count). The van der Waals surface area contributed by atoms with Gasteiger partial charge < -0.3 is 14.4 Å². The molecule has 0 amide bonds. The Morgan fingerprint density at radius 3 is 2.29 bits per heavy atom. The second-order valence-corrected chi connectivity index (χ2v) is 6.78. The van der Waals surface area contributed by atoms with Crippen LogP contribution in [0.15, 0.2) is 79.4 Å². The number of pyridine rings is 1. The number of aromatic nitrogens is 3. The molecule has 156 valence electrons. The van der Waals surface area contributed by atoms with Crippen molar-refractivity contribution in [2.75, 3.05) is 0 Å². The van der Waals surface area contributed by atoms with Crippen molar-refractivity contribution in [1.29, 1.82) is 0 Å². The van der Waals surface area contributed by atoms with Crippen LogP contribution >= 0.6 is 0 Å². The molecule has 2 heterocycles. The highest BCUT2D eigenvalue weighted by atomic mass is 19.1. The number of nitrogens with zero attached hydrogens (tertiary/aromatic N) is 3. The lowest BCUT2D eigenvalue weighted by atomic mass is 10.1. The average Bonchev–Trinajstić information content (AvgIpc) is 3.27. The molecule has 0 spiro atoms. The number of carboxylic acids is 1. The molecule has 1 unspecified atom stereocenters. The first kappa shape index (κ1) is 20.2. The number of aromatic carboxylic acids is 1. The summed E-state index contributed by atoms with van der Waals surface area (Å²) in [7, 11) is 0. The Morgan fingerprint density at radius 1 is 1.00 bits per heavy atom. The number of imidazole rings is 1. The van der Waals surface area contributed by atoms with Crippen molar-refractivity contribution in [1.82, 2.24) is 14.5 Å². The van der Waals surface area contributed by atoms with Crippen LogP contribution in [-0.2, 0) is 6.54 Å². The molecule has 0 fully saturated rings. The molecule has 0 aliphatic heterocycles. The Balaban J connectivity index is 1.70. The maximum absolute atomic E-state index is 13.4. The molecule has 2 aromatic heterocycles. The average molecular weight is 421 g/mol. The zero-order valence-electron chi connectivity index (χ0n) is 16.2. The van der Waals surface area contributed by atoms with Crippen LogP contribution in [0.25, 0.3) is 11.3 Å². The first-order valence-electron chi connectivity index (χ1n) is 9.38. The molecule has 31 heavy (non-hydrogen) atoms. The topological polar surface area (TPSA) is 77.2 Å². The Morgan fingerprint density at radius 2 is 1.68 bits per heavy atom. The van der Waals surface area contributed by atoms with Gasteiger partial charge in [0, 0.05) is 24.0 Å². The van der Waals surface area contributed by atoms with E-state index in [1.807, 2.05) is 0 Å². The summed E-state index contributed by atoms with van der Waals surface area (Å²) in [6, 6.07) is 14.1. The lowest BCUT2D eigenvalue weighted by Gasteiger charge is -2.20. The number of carbonyl (C=O) groups is 1. The van der Waals surface area contributed by atoms with Gasteiger partial charge in [-0.3, -0.25) is 0 Å². The fraction of sp³-hybridized carbons (Fsp3) is 0.0870. The van der Waals surface area contributed by atoms with Crippen LogP contribution in [0, 0.1) is 11.6 Å². The summed E-state index contributed by atoms with van der Waals surface area (Å²) in [5.41, 5.74) is 1.28. The van der Waals surface area contributed by atoms with E-state index in [4.69, 9.17) is 4.74 Å². The molecule has 8 heteroatoms. The molecule has 2 aromatic carbocycles. The highest BCUT2D eigenvalue weighted by Gasteiger charge is 2.19. The van der Waals surface area contributed by atoms with E-state index in [9.17, 15) is 18.7 Å². The number of ether oxygens (including phenoxy) is 1. The molecular weight excluding hydrogens is 404 g/mol. The highest BCUT2D eigenvalue weighted by molar-refractivity contribution is 5.94. The summed E-state index contributed by atoms with van der Waals surface area (Å²) in [6.07, 6.45) is 4.49. The van der Waals surface area contributed by atoms with Gasteiger partial charge in [-0.25, -0.2) is 23.5 Å². The Labute approximate surface area is 176 Å².